The maximum atomic E-state index is 13.1. The van der Waals surface area contributed by atoms with Crippen molar-refractivity contribution in [2.45, 2.75) is 6.92 Å². The number of nitrogens with zero attached hydrogens (tertiary/aromatic N) is 3. The number of ether oxygens (including phenoxy) is 1. The van der Waals surface area contributed by atoms with Gasteiger partial charge in [0, 0.05) is 40.5 Å². The molecule has 1 aromatic carbocycles. The Hall–Kier alpha value is -2.22. The van der Waals surface area contributed by atoms with Crippen molar-refractivity contribution in [2.75, 3.05) is 31.6 Å². The summed E-state index contributed by atoms with van der Waals surface area (Å²) in [6.07, 6.45) is 1.62. The van der Waals surface area contributed by atoms with Crippen LogP contribution in [0.15, 0.2) is 47.1 Å². The van der Waals surface area contributed by atoms with E-state index in [1.54, 1.807) is 11.1 Å². The molecule has 3 aromatic rings. The Labute approximate surface area is 177 Å². The lowest BCUT2D eigenvalue weighted by Gasteiger charge is -2.27. The molecule has 6 nitrogen and oxygen atoms in total. The van der Waals surface area contributed by atoms with E-state index in [9.17, 15) is 4.79 Å². The van der Waals surface area contributed by atoms with Crippen molar-refractivity contribution in [3.05, 3.63) is 58.3 Å². The quantitative estimate of drug-likeness (QED) is 0.626. The fourth-order valence-electron chi connectivity index (χ4n) is 3.12. The van der Waals surface area contributed by atoms with Gasteiger partial charge in [-0.25, -0.2) is 9.97 Å². The molecule has 1 aliphatic heterocycles. The number of halogens is 2. The van der Waals surface area contributed by atoms with Crippen LogP contribution in [0.5, 0.6) is 0 Å². The molecule has 0 spiro atoms. The molecule has 0 radical (unpaired) electrons. The summed E-state index contributed by atoms with van der Waals surface area (Å²) in [7, 11) is 0. The first kappa shape index (κ1) is 20.5. The van der Waals surface area contributed by atoms with Crippen LogP contribution in [-0.2, 0) is 4.74 Å². The van der Waals surface area contributed by atoms with Crippen molar-refractivity contribution in [1.29, 1.82) is 0 Å². The molecule has 1 saturated heterocycles. The number of anilines is 2. The Bertz CT molecular complexity index is 1010. The van der Waals surface area contributed by atoms with Crippen LogP contribution in [0.1, 0.15) is 16.1 Å². The zero-order valence-electron chi connectivity index (χ0n) is 15.3. The molecule has 0 unspecified atom stereocenters. The average molecular weight is 464 g/mol. The SMILES string of the molecule is Cc1ccc2c(Nc3cccc(Br)c3)c(C(=O)N3CCOCC3)cnc2n1.Cl. The molecule has 3 heterocycles. The highest BCUT2D eigenvalue weighted by atomic mass is 79.9. The predicted molar refractivity (Wildman–Crippen MR) is 116 cm³/mol. The van der Waals surface area contributed by atoms with E-state index in [4.69, 9.17) is 4.74 Å². The summed E-state index contributed by atoms with van der Waals surface area (Å²) in [6, 6.07) is 11.7. The molecule has 146 valence electrons. The van der Waals surface area contributed by atoms with Crippen LogP contribution in [0.2, 0.25) is 0 Å². The van der Waals surface area contributed by atoms with Crippen molar-refractivity contribution in [3.63, 3.8) is 0 Å². The Kier molecular flexibility index (Phi) is 6.49. The molecular weight excluding hydrogens is 444 g/mol. The van der Waals surface area contributed by atoms with Gasteiger partial charge in [0.15, 0.2) is 5.65 Å². The number of hydrogen-bond acceptors (Lipinski definition) is 5. The van der Waals surface area contributed by atoms with E-state index in [1.807, 2.05) is 43.3 Å². The number of rotatable bonds is 3. The van der Waals surface area contributed by atoms with Crippen molar-refractivity contribution in [1.82, 2.24) is 14.9 Å². The van der Waals surface area contributed by atoms with Gasteiger partial charge in [-0.3, -0.25) is 4.79 Å². The molecule has 1 fully saturated rings. The van der Waals surface area contributed by atoms with Gasteiger partial charge in [-0.1, -0.05) is 22.0 Å². The van der Waals surface area contributed by atoms with Gasteiger partial charge in [-0.2, -0.15) is 0 Å². The topological polar surface area (TPSA) is 67.4 Å². The number of fused-ring (bicyclic) bond motifs is 1. The molecule has 28 heavy (non-hydrogen) atoms. The van der Waals surface area contributed by atoms with E-state index < -0.39 is 0 Å². The summed E-state index contributed by atoms with van der Waals surface area (Å²) in [5.41, 5.74) is 3.65. The average Bonchev–Trinajstić information content (AvgIpc) is 2.68. The second-order valence-corrected chi connectivity index (χ2v) is 7.33. The number of aryl methyl sites for hydroxylation is 1. The highest BCUT2D eigenvalue weighted by Crippen LogP contribution is 2.30. The lowest BCUT2D eigenvalue weighted by atomic mass is 10.1. The molecule has 8 heteroatoms. The zero-order valence-corrected chi connectivity index (χ0v) is 17.7. The van der Waals surface area contributed by atoms with Gasteiger partial charge in [0.05, 0.1) is 24.5 Å². The molecule has 1 amide bonds. The fourth-order valence-corrected chi connectivity index (χ4v) is 3.52. The molecule has 0 bridgehead atoms. The second-order valence-electron chi connectivity index (χ2n) is 6.41. The van der Waals surface area contributed by atoms with E-state index in [2.05, 4.69) is 31.2 Å². The van der Waals surface area contributed by atoms with Gasteiger partial charge in [-0.05, 0) is 37.3 Å². The van der Waals surface area contributed by atoms with E-state index >= 15 is 0 Å². The lowest BCUT2D eigenvalue weighted by Crippen LogP contribution is -2.41. The lowest BCUT2D eigenvalue weighted by molar-refractivity contribution is 0.0303. The summed E-state index contributed by atoms with van der Waals surface area (Å²) < 4.78 is 6.33. The van der Waals surface area contributed by atoms with Crippen LogP contribution in [0.4, 0.5) is 11.4 Å². The largest absolute Gasteiger partial charge is 0.378 e. The highest BCUT2D eigenvalue weighted by molar-refractivity contribution is 9.10. The third kappa shape index (κ3) is 4.27. The van der Waals surface area contributed by atoms with Crippen molar-refractivity contribution >= 4 is 56.7 Å². The van der Waals surface area contributed by atoms with E-state index in [0.717, 1.165) is 26.9 Å². The molecule has 1 aliphatic rings. The number of pyridine rings is 2. The Balaban J connectivity index is 0.00000225. The van der Waals surface area contributed by atoms with Crippen LogP contribution in [0.25, 0.3) is 11.0 Å². The summed E-state index contributed by atoms with van der Waals surface area (Å²) in [5.74, 6) is -0.0502. The summed E-state index contributed by atoms with van der Waals surface area (Å²) in [6.45, 7) is 4.21. The summed E-state index contributed by atoms with van der Waals surface area (Å²) in [4.78, 5) is 23.9. The first-order valence-corrected chi connectivity index (χ1v) is 9.57. The van der Waals surface area contributed by atoms with Gasteiger partial charge in [0.1, 0.15) is 0 Å². The molecule has 2 aromatic heterocycles. The molecule has 1 N–H and O–H groups in total. The molecule has 0 aliphatic carbocycles. The number of amides is 1. The number of morpholine rings is 1. The third-order valence-electron chi connectivity index (χ3n) is 4.49. The van der Waals surface area contributed by atoms with E-state index in [-0.39, 0.29) is 18.3 Å². The van der Waals surface area contributed by atoms with Crippen LogP contribution in [0, 0.1) is 6.92 Å². The van der Waals surface area contributed by atoms with Gasteiger partial charge in [0.2, 0.25) is 0 Å². The third-order valence-corrected chi connectivity index (χ3v) is 4.98. The fraction of sp³-hybridized carbons (Fsp3) is 0.250. The normalized spacial score (nSPS) is 13.9. The summed E-state index contributed by atoms with van der Waals surface area (Å²) >= 11 is 3.49. The van der Waals surface area contributed by atoms with Crippen molar-refractivity contribution < 1.29 is 9.53 Å². The van der Waals surface area contributed by atoms with Crippen LogP contribution >= 0.6 is 28.3 Å². The van der Waals surface area contributed by atoms with Gasteiger partial charge in [-0.15, -0.1) is 12.4 Å². The molecule has 4 rings (SSSR count). The van der Waals surface area contributed by atoms with Crippen molar-refractivity contribution in [2.24, 2.45) is 0 Å². The van der Waals surface area contributed by atoms with E-state index in [1.165, 1.54) is 0 Å². The molecular formula is C20H20BrClN4O2. The zero-order chi connectivity index (χ0) is 18.8. The Morgan fingerprint density at radius 3 is 2.75 bits per heavy atom. The predicted octanol–water partition coefficient (Wildman–Crippen LogP) is 4.34. The molecule has 0 atom stereocenters. The van der Waals surface area contributed by atoms with Crippen LogP contribution < -0.4 is 5.32 Å². The van der Waals surface area contributed by atoms with Crippen LogP contribution in [-0.4, -0.2) is 47.1 Å². The minimum Gasteiger partial charge on any atom is -0.378 e. The summed E-state index contributed by atoms with van der Waals surface area (Å²) in [5, 5.41) is 4.23. The second kappa shape index (κ2) is 8.86. The Morgan fingerprint density at radius 1 is 1.21 bits per heavy atom. The number of nitrogens with one attached hydrogen (secondary N) is 1. The highest BCUT2D eigenvalue weighted by Gasteiger charge is 2.23. The number of benzene rings is 1. The number of hydrogen-bond donors (Lipinski definition) is 1. The standard InChI is InChI=1S/C20H19BrN4O2.ClH/c1-13-5-6-16-18(24-15-4-2-3-14(21)11-15)17(12-22-19(16)23-13)20(26)25-7-9-27-10-8-25;/h2-6,11-12H,7-10H2,1H3,(H,22,23,24);1H. The number of aromatic nitrogens is 2. The van der Waals surface area contributed by atoms with Crippen LogP contribution in [0.3, 0.4) is 0 Å². The monoisotopic (exact) mass is 462 g/mol. The van der Waals surface area contributed by atoms with E-state index in [0.29, 0.717) is 37.5 Å². The van der Waals surface area contributed by atoms with Gasteiger partial charge >= 0.3 is 0 Å². The first-order valence-electron chi connectivity index (χ1n) is 8.78. The number of carbonyl (C=O) groups excluding carboxylic acids is 1. The van der Waals surface area contributed by atoms with Gasteiger partial charge < -0.3 is 15.0 Å². The maximum absolute atomic E-state index is 13.1. The van der Waals surface area contributed by atoms with Gasteiger partial charge in [0.25, 0.3) is 5.91 Å². The minimum atomic E-state index is -0.0502. The Morgan fingerprint density at radius 2 is 2.00 bits per heavy atom. The molecule has 0 saturated carbocycles. The minimum absolute atomic E-state index is 0. The van der Waals surface area contributed by atoms with Crippen molar-refractivity contribution in [3.8, 4) is 0 Å². The first-order chi connectivity index (χ1) is 13.1. The maximum Gasteiger partial charge on any atom is 0.257 e. The number of carbonyl (C=O) groups is 1. The smallest absolute Gasteiger partial charge is 0.257 e.